The van der Waals surface area contributed by atoms with Crippen LogP contribution in [0.3, 0.4) is 0 Å². The zero-order valence-corrected chi connectivity index (χ0v) is 15.0. The molecule has 0 aliphatic heterocycles. The number of amides is 2. The Morgan fingerprint density at radius 1 is 0.913 bits per heavy atom. The SMILES string of the molecule is COC(=O)C(C(C)C)N(C(=O)C(F)=C(Cl)Cl)C(=O)C(F)=C(Cl)Cl. The Morgan fingerprint density at radius 3 is 1.48 bits per heavy atom. The monoisotopic (exact) mass is 411 g/mol. The van der Waals surface area contributed by atoms with Crippen LogP contribution < -0.4 is 0 Å². The maximum atomic E-state index is 13.7. The highest BCUT2D eigenvalue weighted by atomic mass is 35.5. The van der Waals surface area contributed by atoms with E-state index in [2.05, 4.69) is 4.74 Å². The molecule has 130 valence electrons. The summed E-state index contributed by atoms with van der Waals surface area (Å²) in [7, 11) is 0.965. The van der Waals surface area contributed by atoms with Gasteiger partial charge in [-0.25, -0.2) is 4.79 Å². The third-order valence-corrected chi connectivity index (χ3v) is 3.16. The van der Waals surface area contributed by atoms with Crippen LogP contribution in [-0.4, -0.2) is 35.8 Å². The van der Waals surface area contributed by atoms with Crippen molar-refractivity contribution >= 4 is 64.2 Å². The van der Waals surface area contributed by atoms with Gasteiger partial charge in [0.2, 0.25) is 11.7 Å². The molecule has 0 rings (SSSR count). The van der Waals surface area contributed by atoms with Gasteiger partial charge in [0.1, 0.15) is 15.0 Å². The number of methoxy groups -OCH3 is 1. The van der Waals surface area contributed by atoms with Gasteiger partial charge in [-0.05, 0) is 5.92 Å². The average Bonchev–Trinajstić information content (AvgIpc) is 2.48. The van der Waals surface area contributed by atoms with Crippen molar-refractivity contribution in [2.45, 2.75) is 19.9 Å². The molecule has 1 atom stereocenters. The molecule has 2 amide bonds. The first kappa shape index (κ1) is 22.1. The predicted octanol–water partition coefficient (Wildman–Crippen LogP) is 3.77. The second-order valence-corrected chi connectivity index (χ2v) is 6.24. The standard InChI is InChI=1S/C12H11Cl4F2NO4/c1-4(2)7(12(22)23-3)19(10(20)5(17)8(13)14)11(21)6(18)9(15)16/h4,7H,1-3H3. The maximum absolute atomic E-state index is 13.7. The number of halogens is 6. The highest BCUT2D eigenvalue weighted by molar-refractivity contribution is 6.58. The Labute approximate surface area is 150 Å². The molecule has 0 bridgehead atoms. The van der Waals surface area contributed by atoms with Gasteiger partial charge in [-0.1, -0.05) is 60.3 Å². The molecule has 0 aromatic heterocycles. The van der Waals surface area contributed by atoms with Gasteiger partial charge in [-0.2, -0.15) is 8.78 Å². The van der Waals surface area contributed by atoms with Crippen molar-refractivity contribution in [3.8, 4) is 0 Å². The van der Waals surface area contributed by atoms with Gasteiger partial charge in [0, 0.05) is 0 Å². The van der Waals surface area contributed by atoms with E-state index in [1.54, 1.807) is 0 Å². The average molecular weight is 413 g/mol. The number of rotatable bonds is 5. The van der Waals surface area contributed by atoms with Crippen LogP contribution in [0.15, 0.2) is 20.6 Å². The van der Waals surface area contributed by atoms with Crippen molar-refractivity contribution in [2.24, 2.45) is 5.92 Å². The van der Waals surface area contributed by atoms with Crippen molar-refractivity contribution in [3.63, 3.8) is 0 Å². The lowest BCUT2D eigenvalue weighted by Gasteiger charge is -2.29. The van der Waals surface area contributed by atoms with Crippen molar-refractivity contribution in [1.82, 2.24) is 4.90 Å². The van der Waals surface area contributed by atoms with Crippen LogP contribution in [0.2, 0.25) is 0 Å². The Kier molecular flexibility index (Phi) is 9.05. The minimum absolute atomic E-state index is 0.0450. The summed E-state index contributed by atoms with van der Waals surface area (Å²) in [5.74, 6) is -8.89. The first-order chi connectivity index (χ1) is 10.5. The number of hydrogen-bond donors (Lipinski definition) is 0. The summed E-state index contributed by atoms with van der Waals surface area (Å²) >= 11 is 20.6. The first-order valence-electron chi connectivity index (χ1n) is 5.84. The Morgan fingerprint density at radius 2 is 1.26 bits per heavy atom. The van der Waals surface area contributed by atoms with E-state index in [4.69, 9.17) is 46.4 Å². The molecule has 0 saturated carbocycles. The topological polar surface area (TPSA) is 63.7 Å². The summed E-state index contributed by atoms with van der Waals surface area (Å²) in [4.78, 5) is 35.8. The minimum atomic E-state index is -1.77. The second-order valence-electron chi connectivity index (χ2n) is 4.34. The summed E-state index contributed by atoms with van der Waals surface area (Å²) in [6, 6.07) is -1.67. The molecule has 0 saturated heterocycles. The lowest BCUT2D eigenvalue weighted by molar-refractivity contribution is -0.160. The first-order valence-corrected chi connectivity index (χ1v) is 7.35. The van der Waals surface area contributed by atoms with Crippen LogP contribution in [0.25, 0.3) is 0 Å². The smallest absolute Gasteiger partial charge is 0.329 e. The number of carbonyl (C=O) groups is 3. The van der Waals surface area contributed by atoms with Crippen LogP contribution in [0.5, 0.6) is 0 Å². The Hall–Kier alpha value is -0.890. The number of nitrogens with zero attached hydrogens (tertiary/aromatic N) is 1. The largest absolute Gasteiger partial charge is 0.467 e. The molecule has 0 spiro atoms. The summed E-state index contributed by atoms with van der Waals surface area (Å²) in [6.07, 6.45) is 0. The fraction of sp³-hybridized carbons (Fsp3) is 0.417. The molecule has 1 unspecified atom stereocenters. The molecular weight excluding hydrogens is 402 g/mol. The van der Waals surface area contributed by atoms with Gasteiger partial charge >= 0.3 is 5.97 Å². The highest BCUT2D eigenvalue weighted by Crippen LogP contribution is 2.26. The van der Waals surface area contributed by atoms with Crippen LogP contribution in [0.1, 0.15) is 13.8 Å². The number of carbonyl (C=O) groups excluding carboxylic acids is 3. The molecule has 0 aromatic rings. The highest BCUT2D eigenvalue weighted by Gasteiger charge is 2.41. The predicted molar refractivity (Wildman–Crippen MR) is 82.2 cm³/mol. The minimum Gasteiger partial charge on any atom is -0.467 e. The van der Waals surface area contributed by atoms with Crippen molar-refractivity contribution in [2.75, 3.05) is 7.11 Å². The van der Waals surface area contributed by atoms with E-state index < -0.39 is 50.4 Å². The van der Waals surface area contributed by atoms with Gasteiger partial charge in [-0.15, -0.1) is 0 Å². The quantitative estimate of drug-likeness (QED) is 0.509. The summed E-state index contributed by atoms with van der Waals surface area (Å²) in [5, 5.41) is 0. The molecule has 0 heterocycles. The molecule has 5 nitrogen and oxygen atoms in total. The van der Waals surface area contributed by atoms with Crippen LogP contribution >= 0.6 is 46.4 Å². The molecular formula is C12H11Cl4F2NO4. The zero-order chi connectivity index (χ0) is 18.5. The number of hydrogen-bond acceptors (Lipinski definition) is 4. The molecule has 0 N–H and O–H groups in total. The van der Waals surface area contributed by atoms with Gasteiger partial charge in [-0.3, -0.25) is 14.5 Å². The maximum Gasteiger partial charge on any atom is 0.329 e. The van der Waals surface area contributed by atoms with Crippen LogP contribution in [-0.2, 0) is 19.1 Å². The number of ether oxygens (including phenoxy) is 1. The van der Waals surface area contributed by atoms with E-state index in [1.807, 2.05) is 0 Å². The molecule has 23 heavy (non-hydrogen) atoms. The zero-order valence-electron chi connectivity index (χ0n) is 12.0. The molecule has 0 aromatic carbocycles. The second kappa shape index (κ2) is 9.42. The molecule has 0 fully saturated rings. The summed E-state index contributed by atoms with van der Waals surface area (Å²) in [6.45, 7) is 2.81. The number of imide groups is 1. The molecule has 0 radical (unpaired) electrons. The van der Waals surface area contributed by atoms with E-state index in [1.165, 1.54) is 13.8 Å². The van der Waals surface area contributed by atoms with Gasteiger partial charge in [0.25, 0.3) is 11.8 Å². The molecule has 0 aliphatic rings. The fourth-order valence-corrected chi connectivity index (χ4v) is 1.84. The third kappa shape index (κ3) is 5.60. The summed E-state index contributed by atoms with van der Waals surface area (Å²) < 4.78 is 29.6. The lowest BCUT2D eigenvalue weighted by Crippen LogP contribution is -2.52. The molecule has 0 aliphatic carbocycles. The third-order valence-electron chi connectivity index (χ3n) is 2.50. The van der Waals surface area contributed by atoms with E-state index in [-0.39, 0.29) is 4.90 Å². The molecule has 11 heteroatoms. The van der Waals surface area contributed by atoms with Crippen molar-refractivity contribution < 1.29 is 27.9 Å². The summed E-state index contributed by atoms with van der Waals surface area (Å²) in [5.41, 5.74) is 0. The van der Waals surface area contributed by atoms with Gasteiger partial charge in [0.15, 0.2) is 0 Å². The van der Waals surface area contributed by atoms with Crippen LogP contribution in [0, 0.1) is 5.92 Å². The van der Waals surface area contributed by atoms with Crippen LogP contribution in [0.4, 0.5) is 8.78 Å². The van der Waals surface area contributed by atoms with Gasteiger partial charge < -0.3 is 4.74 Å². The number of esters is 1. The Balaban J connectivity index is 6.25. The van der Waals surface area contributed by atoms with E-state index in [0.29, 0.717) is 0 Å². The van der Waals surface area contributed by atoms with E-state index in [9.17, 15) is 23.2 Å². The lowest BCUT2D eigenvalue weighted by atomic mass is 10.0. The van der Waals surface area contributed by atoms with Crippen molar-refractivity contribution in [3.05, 3.63) is 20.6 Å². The van der Waals surface area contributed by atoms with E-state index in [0.717, 1.165) is 7.11 Å². The van der Waals surface area contributed by atoms with E-state index >= 15 is 0 Å². The van der Waals surface area contributed by atoms with Crippen molar-refractivity contribution in [1.29, 1.82) is 0 Å². The Bertz CT molecular complexity index is 533. The van der Waals surface area contributed by atoms with Gasteiger partial charge in [0.05, 0.1) is 7.11 Å². The normalized spacial score (nSPS) is 11.6. The fourth-order valence-electron chi connectivity index (χ4n) is 1.51.